The topological polar surface area (TPSA) is 54.7 Å². The molecular weight excluding hydrogens is 346 g/mol. The molecule has 3 rings (SSSR count). The average molecular weight is 374 g/mol. The van der Waals surface area contributed by atoms with Gasteiger partial charge in [-0.2, -0.15) is 5.26 Å². The summed E-state index contributed by atoms with van der Waals surface area (Å²) >= 11 is 0. The molecule has 0 bridgehead atoms. The zero-order chi connectivity index (χ0) is 19.6. The zero-order valence-corrected chi connectivity index (χ0v) is 16.4. The van der Waals surface area contributed by atoms with Crippen LogP contribution in [0.25, 0.3) is 6.08 Å². The van der Waals surface area contributed by atoms with E-state index in [0.717, 1.165) is 44.2 Å². The lowest BCUT2D eigenvalue weighted by Crippen LogP contribution is -2.52. The van der Waals surface area contributed by atoms with E-state index in [2.05, 4.69) is 62.6 Å². The minimum Gasteiger partial charge on any atom is -0.352 e. The first-order chi connectivity index (χ1) is 13.8. The van der Waals surface area contributed by atoms with Gasteiger partial charge in [0.2, 0.25) is 0 Å². The quantitative estimate of drug-likeness (QED) is 0.647. The molecule has 1 fully saturated rings. The summed E-state index contributed by atoms with van der Waals surface area (Å²) in [6.07, 6.45) is 4.42. The van der Waals surface area contributed by atoms with Gasteiger partial charge in [0.1, 0.15) is 0 Å². The molecule has 0 aliphatic carbocycles. The average Bonchev–Trinajstić information content (AvgIpc) is 2.76. The fourth-order valence-corrected chi connectivity index (χ4v) is 3.31. The molecule has 1 aliphatic rings. The predicted molar refractivity (Wildman–Crippen MR) is 115 cm³/mol. The number of rotatable bonds is 5. The Morgan fingerprint density at radius 1 is 1.11 bits per heavy atom. The molecule has 0 atom stereocenters. The van der Waals surface area contributed by atoms with E-state index >= 15 is 0 Å². The number of hydrogen-bond acceptors (Lipinski definition) is 3. The summed E-state index contributed by atoms with van der Waals surface area (Å²) in [7, 11) is 1.82. The van der Waals surface area contributed by atoms with Crippen LogP contribution in [0.4, 0.5) is 0 Å². The van der Waals surface area contributed by atoms with Gasteiger partial charge >= 0.3 is 0 Å². The number of guanidine groups is 1. The fourth-order valence-electron chi connectivity index (χ4n) is 3.31. The maximum Gasteiger partial charge on any atom is 0.194 e. The Morgan fingerprint density at radius 3 is 2.61 bits per heavy atom. The van der Waals surface area contributed by atoms with Crippen molar-refractivity contribution in [3.63, 3.8) is 0 Å². The van der Waals surface area contributed by atoms with Crippen molar-refractivity contribution in [2.45, 2.75) is 6.54 Å². The van der Waals surface area contributed by atoms with Crippen LogP contribution in [-0.2, 0) is 6.54 Å². The Balaban J connectivity index is 1.45. The van der Waals surface area contributed by atoms with Gasteiger partial charge in [-0.1, -0.05) is 54.6 Å². The molecule has 28 heavy (non-hydrogen) atoms. The highest BCUT2D eigenvalue weighted by Crippen LogP contribution is 2.07. The molecule has 2 aromatic rings. The van der Waals surface area contributed by atoms with E-state index in [1.54, 1.807) is 0 Å². The lowest BCUT2D eigenvalue weighted by Gasteiger charge is -2.36. The summed E-state index contributed by atoms with van der Waals surface area (Å²) < 4.78 is 0. The van der Waals surface area contributed by atoms with Gasteiger partial charge < -0.3 is 10.2 Å². The van der Waals surface area contributed by atoms with E-state index in [9.17, 15) is 0 Å². The molecule has 0 saturated carbocycles. The monoisotopic (exact) mass is 373 g/mol. The molecule has 1 saturated heterocycles. The third-order valence-corrected chi connectivity index (χ3v) is 4.86. The normalized spacial score (nSPS) is 15.6. The van der Waals surface area contributed by atoms with Crippen molar-refractivity contribution >= 4 is 12.0 Å². The summed E-state index contributed by atoms with van der Waals surface area (Å²) in [5.41, 5.74) is 3.02. The molecule has 1 N–H and O–H groups in total. The summed E-state index contributed by atoms with van der Waals surface area (Å²) in [6, 6.07) is 20.3. The number of nitrogens with one attached hydrogen (secondary N) is 1. The van der Waals surface area contributed by atoms with E-state index in [-0.39, 0.29) is 0 Å². The van der Waals surface area contributed by atoms with Gasteiger partial charge in [-0.15, -0.1) is 0 Å². The second-order valence-electron chi connectivity index (χ2n) is 6.81. The fraction of sp³-hybridized carbons (Fsp3) is 0.304. The highest BCUT2D eigenvalue weighted by molar-refractivity contribution is 5.80. The van der Waals surface area contributed by atoms with Crippen LogP contribution in [0.15, 0.2) is 65.7 Å². The Hall–Kier alpha value is -3.10. The second-order valence-corrected chi connectivity index (χ2v) is 6.81. The maximum absolute atomic E-state index is 9.03. The molecule has 5 heteroatoms. The molecule has 144 valence electrons. The molecule has 1 aliphatic heterocycles. The first-order valence-electron chi connectivity index (χ1n) is 9.67. The van der Waals surface area contributed by atoms with Crippen LogP contribution in [0.2, 0.25) is 0 Å². The Bertz CT molecular complexity index is 843. The lowest BCUT2D eigenvalue weighted by atomic mass is 10.1. The standard InChI is InChI=1S/C23H27N5/c1-25-23(26-19-22-10-5-9-21(17-22)18-24)28-15-13-27(14-16-28)12-6-11-20-7-3-2-4-8-20/h2-11,17H,12-16,19H2,1H3,(H,25,26)/b11-6+. The smallest absolute Gasteiger partial charge is 0.194 e. The van der Waals surface area contributed by atoms with Crippen molar-refractivity contribution in [2.24, 2.45) is 4.99 Å². The van der Waals surface area contributed by atoms with E-state index in [0.29, 0.717) is 12.1 Å². The van der Waals surface area contributed by atoms with Crippen LogP contribution < -0.4 is 5.32 Å². The zero-order valence-electron chi connectivity index (χ0n) is 16.4. The van der Waals surface area contributed by atoms with Gasteiger partial charge in [0, 0.05) is 46.3 Å². The molecular formula is C23H27N5. The highest BCUT2D eigenvalue weighted by atomic mass is 15.3. The Labute approximate surface area is 167 Å². The SMILES string of the molecule is CN=C(NCc1cccc(C#N)c1)N1CCN(C/C=C/c2ccccc2)CC1. The molecule has 0 radical (unpaired) electrons. The molecule has 1 heterocycles. The number of piperazine rings is 1. The molecule has 0 spiro atoms. The van der Waals surface area contributed by atoms with E-state index in [4.69, 9.17) is 5.26 Å². The van der Waals surface area contributed by atoms with Crippen molar-refractivity contribution in [1.82, 2.24) is 15.1 Å². The largest absolute Gasteiger partial charge is 0.352 e. The van der Waals surface area contributed by atoms with Crippen molar-refractivity contribution in [1.29, 1.82) is 5.26 Å². The van der Waals surface area contributed by atoms with Crippen LogP contribution in [0, 0.1) is 11.3 Å². The van der Waals surface area contributed by atoms with Gasteiger partial charge in [0.15, 0.2) is 5.96 Å². The molecule has 0 aromatic heterocycles. The number of benzene rings is 2. The third-order valence-electron chi connectivity index (χ3n) is 4.86. The van der Waals surface area contributed by atoms with Gasteiger partial charge in [-0.25, -0.2) is 0 Å². The maximum atomic E-state index is 9.03. The molecule has 5 nitrogen and oxygen atoms in total. The number of aliphatic imine (C=N–C) groups is 1. The molecule has 2 aromatic carbocycles. The summed E-state index contributed by atoms with van der Waals surface area (Å²) in [6.45, 7) is 5.58. The first-order valence-corrected chi connectivity index (χ1v) is 9.67. The van der Waals surface area contributed by atoms with Crippen molar-refractivity contribution in [3.8, 4) is 6.07 Å². The number of nitriles is 1. The van der Waals surface area contributed by atoms with Crippen LogP contribution in [-0.4, -0.2) is 55.5 Å². The van der Waals surface area contributed by atoms with E-state index in [1.165, 1.54) is 5.56 Å². The molecule has 0 unspecified atom stereocenters. The van der Waals surface area contributed by atoms with Gasteiger partial charge in [-0.05, 0) is 23.3 Å². The predicted octanol–water partition coefficient (Wildman–Crippen LogP) is 2.96. The Kier molecular flexibility index (Phi) is 7.22. The lowest BCUT2D eigenvalue weighted by molar-refractivity contribution is 0.194. The van der Waals surface area contributed by atoms with Crippen molar-refractivity contribution < 1.29 is 0 Å². The summed E-state index contributed by atoms with van der Waals surface area (Å²) in [4.78, 5) is 9.19. The van der Waals surface area contributed by atoms with E-state index in [1.807, 2.05) is 37.4 Å². The number of nitrogens with zero attached hydrogens (tertiary/aromatic N) is 4. The minimum absolute atomic E-state index is 0.669. The van der Waals surface area contributed by atoms with Crippen LogP contribution in [0.5, 0.6) is 0 Å². The molecule has 0 amide bonds. The van der Waals surface area contributed by atoms with E-state index < -0.39 is 0 Å². The van der Waals surface area contributed by atoms with Gasteiger partial charge in [0.25, 0.3) is 0 Å². The van der Waals surface area contributed by atoms with Crippen molar-refractivity contribution in [2.75, 3.05) is 39.8 Å². The Morgan fingerprint density at radius 2 is 1.89 bits per heavy atom. The summed E-state index contributed by atoms with van der Waals surface area (Å²) in [5.74, 6) is 0.918. The second kappa shape index (κ2) is 10.3. The van der Waals surface area contributed by atoms with Crippen molar-refractivity contribution in [3.05, 3.63) is 77.4 Å². The van der Waals surface area contributed by atoms with Crippen LogP contribution in [0.1, 0.15) is 16.7 Å². The minimum atomic E-state index is 0.669. The number of hydrogen-bond donors (Lipinski definition) is 1. The highest BCUT2D eigenvalue weighted by Gasteiger charge is 2.18. The van der Waals surface area contributed by atoms with Gasteiger partial charge in [-0.3, -0.25) is 9.89 Å². The first kappa shape index (κ1) is 19.7. The van der Waals surface area contributed by atoms with Crippen LogP contribution in [0.3, 0.4) is 0 Å². The van der Waals surface area contributed by atoms with Gasteiger partial charge in [0.05, 0.1) is 11.6 Å². The summed E-state index contributed by atoms with van der Waals surface area (Å²) in [5, 5.41) is 12.4. The third kappa shape index (κ3) is 5.70. The van der Waals surface area contributed by atoms with Crippen LogP contribution >= 0.6 is 0 Å².